The zero-order valence-corrected chi connectivity index (χ0v) is 18.3. The van der Waals surface area contributed by atoms with E-state index in [-0.39, 0.29) is 5.91 Å². The lowest BCUT2D eigenvalue weighted by Gasteiger charge is -2.15. The topological polar surface area (TPSA) is 69.0 Å². The number of benzene rings is 1. The fourth-order valence-electron chi connectivity index (χ4n) is 2.97. The van der Waals surface area contributed by atoms with Crippen molar-refractivity contribution < 1.29 is 9.53 Å². The average Bonchev–Trinajstić information content (AvgIpc) is 3.12. The van der Waals surface area contributed by atoms with Gasteiger partial charge in [0.05, 0.1) is 5.69 Å². The first kappa shape index (κ1) is 20.9. The van der Waals surface area contributed by atoms with E-state index in [0.29, 0.717) is 13.3 Å². The van der Waals surface area contributed by atoms with Crippen molar-refractivity contribution in [3.63, 3.8) is 0 Å². The summed E-state index contributed by atoms with van der Waals surface area (Å²) < 4.78 is 7.89. The van der Waals surface area contributed by atoms with Crippen LogP contribution in [0.1, 0.15) is 5.56 Å². The minimum atomic E-state index is -1.10. The molecule has 0 unspecified atom stereocenters. The third-order valence-corrected chi connectivity index (χ3v) is 6.34. The van der Waals surface area contributed by atoms with Gasteiger partial charge in [-0.05, 0) is 29.8 Å². The molecule has 1 aromatic carbocycles. The summed E-state index contributed by atoms with van der Waals surface area (Å²) >= 11 is 0. The molecule has 2 aromatic heterocycles. The van der Waals surface area contributed by atoms with E-state index in [2.05, 4.69) is 41.5 Å². The molecule has 1 N–H and O–H groups in total. The second-order valence-corrected chi connectivity index (χ2v) is 13.8. The highest BCUT2D eigenvalue weighted by molar-refractivity contribution is 6.76. The number of ether oxygens (including phenoxy) is 1. The Kier molecular flexibility index (Phi) is 6.61. The van der Waals surface area contributed by atoms with Crippen molar-refractivity contribution in [2.24, 2.45) is 0 Å². The molecule has 7 heteroatoms. The van der Waals surface area contributed by atoms with Crippen LogP contribution in [0.25, 0.3) is 22.3 Å². The Morgan fingerprint density at radius 3 is 2.86 bits per heavy atom. The van der Waals surface area contributed by atoms with Crippen LogP contribution < -0.4 is 5.32 Å². The van der Waals surface area contributed by atoms with Crippen molar-refractivity contribution in [3.8, 4) is 11.3 Å². The first-order valence-corrected chi connectivity index (χ1v) is 13.5. The maximum atomic E-state index is 11.4. The molecule has 0 saturated carbocycles. The Morgan fingerprint density at radius 1 is 1.28 bits per heavy atom. The van der Waals surface area contributed by atoms with Crippen LogP contribution in [0.15, 0.2) is 55.5 Å². The summed E-state index contributed by atoms with van der Waals surface area (Å²) in [6.07, 6.45) is 4.85. The number of nitrogens with one attached hydrogen (secondary N) is 1. The van der Waals surface area contributed by atoms with Gasteiger partial charge in [0.15, 0.2) is 0 Å². The van der Waals surface area contributed by atoms with Crippen molar-refractivity contribution in [3.05, 3.63) is 61.1 Å². The Morgan fingerprint density at radius 2 is 2.10 bits per heavy atom. The number of carbonyl (C=O) groups excluding carboxylic acids is 1. The molecule has 2 heterocycles. The number of fused-ring (bicyclic) bond motifs is 1. The van der Waals surface area contributed by atoms with Gasteiger partial charge in [-0.2, -0.15) is 0 Å². The number of rotatable bonds is 9. The summed E-state index contributed by atoms with van der Waals surface area (Å²) in [6, 6.07) is 11.2. The standard InChI is InChI=1S/C22H28N4O2Si/c1-5-20(27)23-14-17-7-6-8-18(13-17)21-19-9-10-26(22(19)25-15-24-21)16-28-11-12-29(2,3)4/h5-10,13,15H,1,11-12,14,16H2,2-4H3,(H,23,27). The molecule has 0 aliphatic heterocycles. The lowest BCUT2D eigenvalue weighted by Crippen LogP contribution is -2.22. The SMILES string of the molecule is C=CC(=O)NCc1cccc(-c2ncnc3c2ccn3COCC[Si](C)(C)C)c1. The molecule has 152 valence electrons. The summed E-state index contributed by atoms with van der Waals surface area (Å²) in [6.45, 7) is 12.2. The third kappa shape index (κ3) is 5.62. The van der Waals surface area contributed by atoms with Gasteiger partial charge in [-0.15, -0.1) is 0 Å². The van der Waals surface area contributed by atoms with Gasteiger partial charge in [-0.3, -0.25) is 4.79 Å². The molecule has 0 aliphatic rings. The van der Waals surface area contributed by atoms with E-state index in [9.17, 15) is 4.79 Å². The lowest BCUT2D eigenvalue weighted by atomic mass is 10.1. The number of carbonyl (C=O) groups is 1. The van der Waals surface area contributed by atoms with Crippen molar-refractivity contribution in [1.82, 2.24) is 19.9 Å². The Labute approximate surface area is 172 Å². The van der Waals surface area contributed by atoms with Gasteiger partial charge in [0.1, 0.15) is 18.7 Å². The second-order valence-electron chi connectivity index (χ2n) is 8.22. The minimum absolute atomic E-state index is 0.189. The fraction of sp³-hybridized carbons (Fsp3) is 0.318. The van der Waals surface area contributed by atoms with Gasteiger partial charge in [0.25, 0.3) is 0 Å². The molecule has 0 bridgehead atoms. The monoisotopic (exact) mass is 408 g/mol. The van der Waals surface area contributed by atoms with Crippen molar-refractivity contribution >= 4 is 25.0 Å². The van der Waals surface area contributed by atoms with E-state index < -0.39 is 8.07 Å². The van der Waals surface area contributed by atoms with Crippen LogP contribution in [0.3, 0.4) is 0 Å². The number of nitrogens with zero attached hydrogens (tertiary/aromatic N) is 3. The molecular weight excluding hydrogens is 380 g/mol. The van der Waals surface area contributed by atoms with Crippen LogP contribution >= 0.6 is 0 Å². The molecule has 0 atom stereocenters. The van der Waals surface area contributed by atoms with E-state index in [1.165, 1.54) is 6.08 Å². The highest BCUT2D eigenvalue weighted by Gasteiger charge is 2.13. The van der Waals surface area contributed by atoms with Crippen LogP contribution in [0.2, 0.25) is 25.7 Å². The first-order valence-electron chi connectivity index (χ1n) is 9.74. The zero-order chi connectivity index (χ0) is 20.9. The molecule has 0 fully saturated rings. The van der Waals surface area contributed by atoms with E-state index in [1.807, 2.05) is 41.1 Å². The highest BCUT2D eigenvalue weighted by Crippen LogP contribution is 2.26. The molecule has 0 spiro atoms. The maximum Gasteiger partial charge on any atom is 0.243 e. The summed E-state index contributed by atoms with van der Waals surface area (Å²) in [5.41, 5.74) is 3.71. The molecule has 3 rings (SSSR count). The molecule has 6 nitrogen and oxygen atoms in total. The first-order chi connectivity index (χ1) is 13.9. The fourth-order valence-corrected chi connectivity index (χ4v) is 3.73. The van der Waals surface area contributed by atoms with Crippen LogP contribution in [-0.2, 0) is 22.8 Å². The predicted molar refractivity (Wildman–Crippen MR) is 119 cm³/mol. The average molecular weight is 409 g/mol. The van der Waals surface area contributed by atoms with E-state index in [1.54, 1.807) is 6.33 Å². The minimum Gasteiger partial charge on any atom is -0.361 e. The van der Waals surface area contributed by atoms with Gasteiger partial charge in [0, 0.05) is 38.4 Å². The van der Waals surface area contributed by atoms with Crippen LogP contribution in [0.5, 0.6) is 0 Å². The van der Waals surface area contributed by atoms with Gasteiger partial charge in [-0.1, -0.05) is 44.4 Å². The number of aromatic nitrogens is 3. The van der Waals surface area contributed by atoms with Crippen molar-refractivity contribution in [2.45, 2.75) is 39.0 Å². The third-order valence-electron chi connectivity index (χ3n) is 4.64. The van der Waals surface area contributed by atoms with Gasteiger partial charge >= 0.3 is 0 Å². The highest BCUT2D eigenvalue weighted by atomic mass is 28.3. The summed E-state index contributed by atoms with van der Waals surface area (Å²) in [7, 11) is -1.10. The molecular formula is C22H28N4O2Si. The van der Waals surface area contributed by atoms with Crippen molar-refractivity contribution in [2.75, 3.05) is 6.61 Å². The van der Waals surface area contributed by atoms with E-state index in [4.69, 9.17) is 4.74 Å². The quantitative estimate of drug-likeness (QED) is 0.327. The summed E-state index contributed by atoms with van der Waals surface area (Å²) in [5.74, 6) is -0.189. The maximum absolute atomic E-state index is 11.4. The Hall–Kier alpha value is -2.77. The van der Waals surface area contributed by atoms with E-state index in [0.717, 1.165) is 40.5 Å². The molecule has 3 aromatic rings. The predicted octanol–water partition coefficient (Wildman–Crippen LogP) is 4.21. The summed E-state index contributed by atoms with van der Waals surface area (Å²) in [4.78, 5) is 20.4. The van der Waals surface area contributed by atoms with Crippen LogP contribution in [-0.4, -0.2) is 35.1 Å². The van der Waals surface area contributed by atoms with Crippen molar-refractivity contribution in [1.29, 1.82) is 0 Å². The number of hydrogen-bond donors (Lipinski definition) is 1. The Balaban J connectivity index is 1.78. The Bertz CT molecular complexity index is 1010. The number of amides is 1. The van der Waals surface area contributed by atoms with Crippen LogP contribution in [0.4, 0.5) is 0 Å². The zero-order valence-electron chi connectivity index (χ0n) is 17.3. The molecule has 1 amide bonds. The largest absolute Gasteiger partial charge is 0.361 e. The molecule has 0 radical (unpaired) electrons. The lowest BCUT2D eigenvalue weighted by molar-refractivity contribution is -0.116. The molecule has 0 aliphatic carbocycles. The van der Waals surface area contributed by atoms with Gasteiger partial charge in [0.2, 0.25) is 5.91 Å². The normalized spacial score (nSPS) is 11.6. The summed E-state index contributed by atoms with van der Waals surface area (Å²) in [5, 5.41) is 3.78. The van der Waals surface area contributed by atoms with Gasteiger partial charge in [-0.25, -0.2) is 9.97 Å². The van der Waals surface area contributed by atoms with Gasteiger partial charge < -0.3 is 14.6 Å². The second kappa shape index (κ2) is 9.15. The number of hydrogen-bond acceptors (Lipinski definition) is 4. The van der Waals surface area contributed by atoms with Crippen LogP contribution in [0, 0.1) is 0 Å². The smallest absolute Gasteiger partial charge is 0.243 e. The molecule has 0 saturated heterocycles. The molecule has 29 heavy (non-hydrogen) atoms. The van der Waals surface area contributed by atoms with E-state index >= 15 is 0 Å².